The Labute approximate surface area is 121 Å². The average molecular weight is 361 g/mol. The van der Waals surface area contributed by atoms with Crippen molar-refractivity contribution in [3.05, 3.63) is 34.3 Å². The molecule has 1 nitrogen and oxygen atoms in total. The molecule has 1 heterocycles. The molecule has 0 spiro atoms. The van der Waals surface area contributed by atoms with Crippen LogP contribution in [0.15, 0.2) is 28.7 Å². The van der Waals surface area contributed by atoms with Crippen LogP contribution in [0.4, 0.5) is 0 Å². The van der Waals surface area contributed by atoms with Gasteiger partial charge in [-0.1, -0.05) is 62.9 Å². The first-order chi connectivity index (χ1) is 8.31. The highest BCUT2D eigenvalue weighted by molar-refractivity contribution is 9.10. The minimum atomic E-state index is 0.699. The lowest BCUT2D eigenvalue weighted by atomic mass is 10.1. The van der Waals surface area contributed by atoms with E-state index in [0.29, 0.717) is 6.04 Å². The molecule has 1 aliphatic heterocycles. The van der Waals surface area contributed by atoms with E-state index in [1.54, 1.807) is 0 Å². The first-order valence-electron chi connectivity index (χ1n) is 6.34. The van der Waals surface area contributed by atoms with Crippen LogP contribution in [0.5, 0.6) is 0 Å². The molecule has 1 aromatic rings. The van der Waals surface area contributed by atoms with Crippen LogP contribution in [0.3, 0.4) is 0 Å². The van der Waals surface area contributed by atoms with Gasteiger partial charge in [-0.2, -0.15) is 0 Å². The lowest BCUT2D eigenvalue weighted by Gasteiger charge is -2.28. The van der Waals surface area contributed by atoms with Crippen LogP contribution in [0.25, 0.3) is 0 Å². The summed E-state index contributed by atoms with van der Waals surface area (Å²) in [4.78, 5) is 2.63. The number of alkyl halides is 1. The molecule has 1 aromatic carbocycles. The number of hydrogen-bond donors (Lipinski definition) is 0. The monoisotopic (exact) mass is 359 g/mol. The lowest BCUT2D eigenvalue weighted by molar-refractivity contribution is 0.209. The molecule has 0 aliphatic carbocycles. The Kier molecular flexibility index (Phi) is 5.51. The minimum absolute atomic E-state index is 0.699. The molecule has 0 radical (unpaired) electrons. The second-order valence-corrected chi connectivity index (χ2v) is 6.22. The zero-order valence-corrected chi connectivity index (χ0v) is 13.2. The Morgan fingerprint density at radius 1 is 1.18 bits per heavy atom. The molecule has 2 rings (SSSR count). The zero-order chi connectivity index (χ0) is 12.1. The topological polar surface area (TPSA) is 3.24 Å². The smallest absolute Gasteiger partial charge is 0.0248 e. The summed E-state index contributed by atoms with van der Waals surface area (Å²) in [5, 5.41) is 1.09. The molecule has 1 fully saturated rings. The Balaban J connectivity index is 2.07. The predicted molar refractivity (Wildman–Crippen MR) is 80.6 cm³/mol. The van der Waals surface area contributed by atoms with Gasteiger partial charge in [-0.05, 0) is 31.0 Å². The standard InChI is InChI=1S/C14H19Br2N/c15-10-13-7-2-1-5-9-17(13)11-12-6-3-4-8-14(12)16/h3-4,6,8,13H,1-2,5,7,9-11H2. The van der Waals surface area contributed by atoms with Gasteiger partial charge in [-0.25, -0.2) is 0 Å². The maximum Gasteiger partial charge on any atom is 0.0248 e. The van der Waals surface area contributed by atoms with Crippen molar-refractivity contribution >= 4 is 31.9 Å². The molecular weight excluding hydrogens is 342 g/mol. The highest BCUT2D eigenvalue weighted by Gasteiger charge is 2.20. The van der Waals surface area contributed by atoms with Crippen molar-refractivity contribution < 1.29 is 0 Å². The van der Waals surface area contributed by atoms with Crippen molar-refractivity contribution in [1.29, 1.82) is 0 Å². The zero-order valence-electron chi connectivity index (χ0n) is 10.0. The molecule has 1 unspecified atom stereocenters. The molecule has 1 atom stereocenters. The fourth-order valence-corrected chi connectivity index (χ4v) is 3.61. The molecule has 0 N–H and O–H groups in total. The number of likely N-dealkylation sites (tertiary alicyclic amines) is 1. The van der Waals surface area contributed by atoms with Crippen molar-refractivity contribution in [3.8, 4) is 0 Å². The van der Waals surface area contributed by atoms with Gasteiger partial charge >= 0.3 is 0 Å². The van der Waals surface area contributed by atoms with Gasteiger partial charge in [0.25, 0.3) is 0 Å². The number of benzene rings is 1. The minimum Gasteiger partial charge on any atom is -0.295 e. The normalized spacial score (nSPS) is 22.4. The summed E-state index contributed by atoms with van der Waals surface area (Å²) in [6, 6.07) is 9.26. The fourth-order valence-electron chi connectivity index (χ4n) is 2.47. The maximum absolute atomic E-state index is 3.66. The van der Waals surface area contributed by atoms with Crippen LogP contribution in [-0.4, -0.2) is 22.8 Å². The molecule has 94 valence electrons. The highest BCUT2D eigenvalue weighted by atomic mass is 79.9. The van der Waals surface area contributed by atoms with Gasteiger partial charge in [-0.3, -0.25) is 4.90 Å². The molecular formula is C14H19Br2N. The second kappa shape index (κ2) is 6.91. The molecule has 3 heteroatoms. The van der Waals surface area contributed by atoms with E-state index >= 15 is 0 Å². The van der Waals surface area contributed by atoms with Crippen molar-refractivity contribution in [3.63, 3.8) is 0 Å². The van der Waals surface area contributed by atoms with Crippen LogP contribution in [0.1, 0.15) is 31.2 Å². The van der Waals surface area contributed by atoms with E-state index in [4.69, 9.17) is 0 Å². The van der Waals surface area contributed by atoms with Crippen LogP contribution in [-0.2, 0) is 6.54 Å². The quantitative estimate of drug-likeness (QED) is 0.712. The summed E-state index contributed by atoms with van der Waals surface area (Å²) < 4.78 is 1.23. The summed E-state index contributed by atoms with van der Waals surface area (Å²) in [5.74, 6) is 0. The number of rotatable bonds is 3. The van der Waals surface area contributed by atoms with Crippen LogP contribution < -0.4 is 0 Å². The Hall–Kier alpha value is 0.140. The van der Waals surface area contributed by atoms with E-state index < -0.39 is 0 Å². The number of hydrogen-bond acceptors (Lipinski definition) is 1. The predicted octanol–water partition coefficient (Wildman–Crippen LogP) is 4.59. The molecule has 1 aliphatic rings. The van der Waals surface area contributed by atoms with Crippen LogP contribution >= 0.6 is 31.9 Å². The molecule has 0 aromatic heterocycles. The SMILES string of the molecule is BrCC1CCCCCN1Cc1ccccc1Br. The van der Waals surface area contributed by atoms with Gasteiger partial charge in [-0.15, -0.1) is 0 Å². The van der Waals surface area contributed by atoms with Gasteiger partial charge in [0.2, 0.25) is 0 Å². The summed E-state index contributed by atoms with van der Waals surface area (Å²) >= 11 is 7.31. The lowest BCUT2D eigenvalue weighted by Crippen LogP contribution is -2.35. The molecule has 0 bridgehead atoms. The molecule has 0 saturated carbocycles. The molecule has 17 heavy (non-hydrogen) atoms. The van der Waals surface area contributed by atoms with Gasteiger partial charge in [0.05, 0.1) is 0 Å². The fraction of sp³-hybridized carbons (Fsp3) is 0.571. The van der Waals surface area contributed by atoms with Crippen LogP contribution in [0.2, 0.25) is 0 Å². The largest absolute Gasteiger partial charge is 0.295 e. The molecule has 0 amide bonds. The van der Waals surface area contributed by atoms with Crippen molar-refractivity contribution in [2.75, 3.05) is 11.9 Å². The Bertz CT molecular complexity index is 354. The van der Waals surface area contributed by atoms with Crippen molar-refractivity contribution in [1.82, 2.24) is 4.90 Å². The van der Waals surface area contributed by atoms with E-state index in [-0.39, 0.29) is 0 Å². The van der Waals surface area contributed by atoms with E-state index in [0.717, 1.165) is 11.9 Å². The second-order valence-electron chi connectivity index (χ2n) is 4.72. The third kappa shape index (κ3) is 3.80. The van der Waals surface area contributed by atoms with E-state index in [1.807, 2.05) is 0 Å². The summed E-state index contributed by atoms with van der Waals surface area (Å²) in [7, 11) is 0. The third-order valence-corrected chi connectivity index (χ3v) is 5.03. The van der Waals surface area contributed by atoms with Gasteiger partial charge in [0.15, 0.2) is 0 Å². The summed E-state index contributed by atoms with van der Waals surface area (Å²) in [6.45, 7) is 2.30. The van der Waals surface area contributed by atoms with Crippen molar-refractivity contribution in [2.45, 2.75) is 38.3 Å². The van der Waals surface area contributed by atoms with Gasteiger partial charge < -0.3 is 0 Å². The van der Waals surface area contributed by atoms with Gasteiger partial charge in [0.1, 0.15) is 0 Å². The maximum atomic E-state index is 3.66. The third-order valence-electron chi connectivity index (χ3n) is 3.51. The van der Waals surface area contributed by atoms with Gasteiger partial charge in [0, 0.05) is 22.4 Å². The number of nitrogens with zero attached hydrogens (tertiary/aromatic N) is 1. The Morgan fingerprint density at radius 2 is 2.00 bits per heavy atom. The first-order valence-corrected chi connectivity index (χ1v) is 8.26. The number of halogens is 2. The Morgan fingerprint density at radius 3 is 2.76 bits per heavy atom. The van der Waals surface area contributed by atoms with E-state index in [1.165, 1.54) is 42.3 Å². The summed E-state index contributed by atoms with van der Waals surface area (Å²) in [5.41, 5.74) is 1.40. The van der Waals surface area contributed by atoms with E-state index in [9.17, 15) is 0 Å². The van der Waals surface area contributed by atoms with Crippen molar-refractivity contribution in [2.24, 2.45) is 0 Å². The van der Waals surface area contributed by atoms with E-state index in [2.05, 4.69) is 61.0 Å². The first kappa shape index (κ1) is 13.6. The molecule has 1 saturated heterocycles. The summed E-state index contributed by atoms with van der Waals surface area (Å²) in [6.07, 6.45) is 5.43. The average Bonchev–Trinajstić information content (AvgIpc) is 2.57. The highest BCUT2D eigenvalue weighted by Crippen LogP contribution is 2.23. The van der Waals surface area contributed by atoms with Crippen LogP contribution in [0, 0.1) is 0 Å².